The first-order chi connectivity index (χ1) is 17.9. The molecule has 1 aromatic carbocycles. The third kappa shape index (κ3) is 6.44. The number of sulfonamides is 1. The number of thiazole rings is 1. The molecule has 2 aliphatic rings. The zero-order valence-electron chi connectivity index (χ0n) is 20.9. The van der Waals surface area contributed by atoms with E-state index in [-0.39, 0.29) is 0 Å². The molecule has 200 valence electrons. The van der Waals surface area contributed by atoms with Crippen molar-refractivity contribution in [2.45, 2.75) is 17.3 Å². The van der Waals surface area contributed by atoms with Crippen molar-refractivity contribution in [2.75, 3.05) is 70.9 Å². The lowest BCUT2D eigenvalue weighted by Gasteiger charge is -2.33. The maximum Gasteiger partial charge on any atom is 0.254 e. The normalized spacial score (nSPS) is 18.4. The first kappa shape index (κ1) is 26.4. The van der Waals surface area contributed by atoms with Crippen LogP contribution in [0.3, 0.4) is 0 Å². The third-order valence-electron chi connectivity index (χ3n) is 6.77. The number of aromatic nitrogens is 3. The van der Waals surface area contributed by atoms with E-state index in [1.54, 1.807) is 16.4 Å². The molecule has 5 rings (SSSR count). The highest BCUT2D eigenvalue weighted by atomic mass is 35.5. The Kier molecular flexibility index (Phi) is 8.32. The number of hydrogen-bond donors (Lipinski definition) is 0. The molecule has 0 aliphatic carbocycles. The maximum absolute atomic E-state index is 13.3. The molecule has 4 heterocycles. The second kappa shape index (κ2) is 11.7. The molecule has 0 spiro atoms. The highest BCUT2D eigenvalue weighted by molar-refractivity contribution is 7.91. The summed E-state index contributed by atoms with van der Waals surface area (Å²) >= 11 is 7.20. The van der Waals surface area contributed by atoms with Gasteiger partial charge in [-0.05, 0) is 31.3 Å². The number of rotatable bonds is 9. The summed E-state index contributed by atoms with van der Waals surface area (Å²) in [4.78, 5) is 15.4. The van der Waals surface area contributed by atoms with Crippen LogP contribution in [0, 0.1) is 0 Å². The van der Waals surface area contributed by atoms with E-state index in [9.17, 15) is 8.42 Å². The summed E-state index contributed by atoms with van der Waals surface area (Å²) in [6, 6.07) is 7.32. The SMILES string of the molecule is CN1CCN(c2ncc(S(=O)(=O)N3CCN(Cc4cncn4CCOc4ccc(Cl)cc4)CC3)s2)CC1. The van der Waals surface area contributed by atoms with Crippen LogP contribution in [0.1, 0.15) is 5.69 Å². The molecular formula is C24H32ClN7O3S2. The summed E-state index contributed by atoms with van der Waals surface area (Å²) in [5, 5.41) is 1.47. The van der Waals surface area contributed by atoms with E-state index < -0.39 is 10.0 Å². The van der Waals surface area contributed by atoms with Crippen LogP contribution in [0.4, 0.5) is 5.13 Å². The lowest BCUT2D eigenvalue weighted by Crippen LogP contribution is -2.48. The van der Waals surface area contributed by atoms with E-state index in [1.165, 1.54) is 17.5 Å². The van der Waals surface area contributed by atoms with Crippen LogP contribution in [0.15, 0.2) is 47.2 Å². The number of benzene rings is 1. The van der Waals surface area contributed by atoms with Gasteiger partial charge in [0.05, 0.1) is 24.8 Å². The molecule has 0 saturated carbocycles. The molecule has 2 aromatic heterocycles. The molecule has 0 amide bonds. The fourth-order valence-electron chi connectivity index (χ4n) is 4.47. The summed E-state index contributed by atoms with van der Waals surface area (Å²) in [6.45, 7) is 7.79. The van der Waals surface area contributed by atoms with Crippen LogP contribution in [0.2, 0.25) is 5.02 Å². The molecule has 0 atom stereocenters. The number of likely N-dealkylation sites (N-methyl/N-ethyl adjacent to an activating group) is 1. The average molecular weight is 566 g/mol. The Hall–Kier alpha value is -2.22. The Morgan fingerprint density at radius 2 is 1.73 bits per heavy atom. The molecule has 0 radical (unpaired) electrons. The van der Waals surface area contributed by atoms with Crippen molar-refractivity contribution in [3.8, 4) is 5.75 Å². The van der Waals surface area contributed by atoms with Crippen LogP contribution in [0.5, 0.6) is 5.75 Å². The molecule has 3 aromatic rings. The monoisotopic (exact) mass is 565 g/mol. The number of anilines is 1. The predicted molar refractivity (Wildman–Crippen MR) is 145 cm³/mol. The van der Waals surface area contributed by atoms with E-state index in [1.807, 2.05) is 24.7 Å². The predicted octanol–water partition coefficient (Wildman–Crippen LogP) is 2.33. The van der Waals surface area contributed by atoms with Crippen molar-refractivity contribution in [3.63, 3.8) is 0 Å². The molecule has 10 nitrogen and oxygen atoms in total. The van der Waals surface area contributed by atoms with Crippen LogP contribution in [-0.4, -0.2) is 103 Å². The van der Waals surface area contributed by atoms with E-state index in [2.05, 4.69) is 36.3 Å². The van der Waals surface area contributed by atoms with Crippen molar-refractivity contribution in [1.82, 2.24) is 28.6 Å². The second-order valence-electron chi connectivity index (χ2n) is 9.31. The van der Waals surface area contributed by atoms with Crippen molar-refractivity contribution in [3.05, 3.63) is 53.7 Å². The van der Waals surface area contributed by atoms with Crippen LogP contribution in [0.25, 0.3) is 0 Å². The Morgan fingerprint density at radius 3 is 2.46 bits per heavy atom. The van der Waals surface area contributed by atoms with Gasteiger partial charge in [0.1, 0.15) is 12.4 Å². The molecule has 2 aliphatic heterocycles. The lowest BCUT2D eigenvalue weighted by molar-refractivity contribution is 0.177. The summed E-state index contributed by atoms with van der Waals surface area (Å²) in [6.07, 6.45) is 5.19. The Morgan fingerprint density at radius 1 is 1.00 bits per heavy atom. The van der Waals surface area contributed by atoms with Gasteiger partial charge in [0.25, 0.3) is 10.0 Å². The average Bonchev–Trinajstić information content (AvgIpc) is 3.57. The van der Waals surface area contributed by atoms with Gasteiger partial charge in [-0.3, -0.25) is 4.90 Å². The zero-order valence-corrected chi connectivity index (χ0v) is 23.3. The minimum atomic E-state index is -3.54. The molecule has 2 saturated heterocycles. The van der Waals surface area contributed by atoms with Gasteiger partial charge in [-0.2, -0.15) is 4.31 Å². The number of halogens is 1. The minimum Gasteiger partial charge on any atom is -0.492 e. The van der Waals surface area contributed by atoms with E-state index in [4.69, 9.17) is 16.3 Å². The van der Waals surface area contributed by atoms with Gasteiger partial charge >= 0.3 is 0 Å². The van der Waals surface area contributed by atoms with E-state index >= 15 is 0 Å². The first-order valence-electron chi connectivity index (χ1n) is 12.4. The molecular weight excluding hydrogens is 534 g/mol. The van der Waals surface area contributed by atoms with Crippen molar-refractivity contribution in [1.29, 1.82) is 0 Å². The molecule has 0 N–H and O–H groups in total. The Labute approximate surface area is 227 Å². The first-order valence-corrected chi connectivity index (χ1v) is 15.0. The van der Waals surface area contributed by atoms with Crippen molar-refractivity contribution < 1.29 is 13.2 Å². The smallest absolute Gasteiger partial charge is 0.254 e. The van der Waals surface area contributed by atoms with Gasteiger partial charge in [-0.25, -0.2) is 18.4 Å². The van der Waals surface area contributed by atoms with Gasteiger partial charge in [0.15, 0.2) is 9.34 Å². The highest BCUT2D eigenvalue weighted by Crippen LogP contribution is 2.29. The fraction of sp³-hybridized carbons (Fsp3) is 0.500. The number of hydrogen-bond acceptors (Lipinski definition) is 9. The number of nitrogens with zero attached hydrogens (tertiary/aromatic N) is 7. The summed E-state index contributed by atoms with van der Waals surface area (Å²) in [5.74, 6) is 0.778. The van der Waals surface area contributed by atoms with Crippen LogP contribution < -0.4 is 9.64 Å². The fourth-order valence-corrected chi connectivity index (χ4v) is 7.35. The summed E-state index contributed by atoms with van der Waals surface area (Å²) < 4.78 is 36.4. The Balaban J connectivity index is 1.12. The molecule has 13 heteroatoms. The van der Waals surface area contributed by atoms with Gasteiger partial charge in [0, 0.05) is 70.1 Å². The van der Waals surface area contributed by atoms with Crippen molar-refractivity contribution in [2.24, 2.45) is 0 Å². The van der Waals surface area contributed by atoms with Gasteiger partial charge < -0.3 is 19.1 Å². The third-order valence-corrected chi connectivity index (χ3v) is 10.4. The number of ether oxygens (including phenoxy) is 1. The minimum absolute atomic E-state index is 0.327. The topological polar surface area (TPSA) is 87.0 Å². The van der Waals surface area contributed by atoms with Crippen LogP contribution in [-0.2, 0) is 23.1 Å². The standard InChI is InChI=1S/C24H32ClN7O3S2/c1-28-6-10-30(11-7-28)24-27-17-23(36-24)37(33,34)32-12-8-29(9-13-32)18-21-16-26-19-31(21)14-15-35-22-4-2-20(25)3-5-22/h2-5,16-17,19H,6-15,18H2,1H3. The molecule has 0 bridgehead atoms. The number of imidazole rings is 1. The molecule has 0 unspecified atom stereocenters. The Bertz CT molecular complexity index is 1270. The molecule has 37 heavy (non-hydrogen) atoms. The highest BCUT2D eigenvalue weighted by Gasteiger charge is 2.31. The van der Waals surface area contributed by atoms with E-state index in [0.717, 1.165) is 42.8 Å². The van der Waals surface area contributed by atoms with Crippen molar-refractivity contribution >= 4 is 38.1 Å². The quantitative estimate of drug-likeness (QED) is 0.391. The van der Waals surface area contributed by atoms with Gasteiger partial charge in [-0.15, -0.1) is 0 Å². The van der Waals surface area contributed by atoms with Gasteiger partial charge in [0.2, 0.25) is 0 Å². The van der Waals surface area contributed by atoms with Gasteiger partial charge in [-0.1, -0.05) is 22.9 Å². The largest absolute Gasteiger partial charge is 0.492 e. The number of piperazine rings is 2. The second-order valence-corrected chi connectivity index (χ2v) is 12.9. The summed E-state index contributed by atoms with van der Waals surface area (Å²) in [7, 11) is -1.44. The van der Waals surface area contributed by atoms with E-state index in [0.29, 0.717) is 55.1 Å². The lowest BCUT2D eigenvalue weighted by atomic mass is 10.3. The summed E-state index contributed by atoms with van der Waals surface area (Å²) in [5.41, 5.74) is 1.08. The molecule has 2 fully saturated rings. The van der Waals surface area contributed by atoms with Crippen LogP contribution >= 0.6 is 22.9 Å². The maximum atomic E-state index is 13.3. The zero-order chi connectivity index (χ0) is 25.8.